The van der Waals surface area contributed by atoms with E-state index in [0.717, 1.165) is 22.7 Å². The van der Waals surface area contributed by atoms with E-state index in [-0.39, 0.29) is 11.7 Å². The van der Waals surface area contributed by atoms with Crippen molar-refractivity contribution in [2.75, 3.05) is 26.6 Å². The van der Waals surface area contributed by atoms with Gasteiger partial charge in [0.25, 0.3) is 0 Å². The normalized spacial score (nSPS) is 15.3. The van der Waals surface area contributed by atoms with E-state index < -0.39 is 0 Å². The molecule has 3 aromatic rings. The van der Waals surface area contributed by atoms with Gasteiger partial charge in [0.15, 0.2) is 5.78 Å². The highest BCUT2D eigenvalue weighted by Crippen LogP contribution is 2.38. The molecule has 7 nitrogen and oxygen atoms in total. The van der Waals surface area contributed by atoms with Gasteiger partial charge in [0, 0.05) is 30.3 Å². The SMILES string of the molecule is COc1ccc(Nc2ncc3c(n2)C[C@H](c2ccc(OC)cc2OC)CC3=O)cc1. The fourth-order valence-corrected chi connectivity index (χ4v) is 3.68. The third kappa shape index (κ3) is 3.91. The number of anilines is 2. The van der Waals surface area contributed by atoms with Gasteiger partial charge >= 0.3 is 0 Å². The molecule has 1 atom stereocenters. The fraction of sp³-hybridized carbons (Fsp3) is 0.261. The Labute approximate surface area is 175 Å². The number of ketones is 1. The number of hydrogen-bond donors (Lipinski definition) is 1. The molecule has 2 aromatic carbocycles. The van der Waals surface area contributed by atoms with Crippen LogP contribution in [0.2, 0.25) is 0 Å². The van der Waals surface area contributed by atoms with Crippen molar-refractivity contribution in [3.8, 4) is 17.2 Å². The molecule has 4 rings (SSSR count). The summed E-state index contributed by atoms with van der Waals surface area (Å²) in [6, 6.07) is 13.2. The Morgan fingerprint density at radius 1 is 0.933 bits per heavy atom. The molecule has 7 heteroatoms. The number of aromatic nitrogens is 2. The van der Waals surface area contributed by atoms with E-state index in [2.05, 4.69) is 15.3 Å². The largest absolute Gasteiger partial charge is 0.497 e. The molecule has 1 heterocycles. The third-order valence-corrected chi connectivity index (χ3v) is 5.27. The van der Waals surface area contributed by atoms with Gasteiger partial charge < -0.3 is 19.5 Å². The van der Waals surface area contributed by atoms with Crippen LogP contribution in [0.15, 0.2) is 48.7 Å². The molecule has 0 spiro atoms. The van der Waals surface area contributed by atoms with Crippen molar-refractivity contribution >= 4 is 17.4 Å². The molecule has 0 saturated carbocycles. The summed E-state index contributed by atoms with van der Waals surface area (Å²) in [5, 5.41) is 3.18. The van der Waals surface area contributed by atoms with Crippen molar-refractivity contribution < 1.29 is 19.0 Å². The Kier molecular flexibility index (Phi) is 5.52. The lowest BCUT2D eigenvalue weighted by molar-refractivity contribution is 0.0962. The second-order valence-electron chi connectivity index (χ2n) is 7.04. The number of carbonyl (C=O) groups excluding carboxylic acids is 1. The average molecular weight is 405 g/mol. The fourth-order valence-electron chi connectivity index (χ4n) is 3.68. The smallest absolute Gasteiger partial charge is 0.227 e. The Morgan fingerprint density at radius 3 is 2.37 bits per heavy atom. The van der Waals surface area contributed by atoms with Gasteiger partial charge in [-0.05, 0) is 42.3 Å². The summed E-state index contributed by atoms with van der Waals surface area (Å²) in [5.74, 6) is 2.67. The van der Waals surface area contributed by atoms with Crippen LogP contribution >= 0.6 is 0 Å². The number of methoxy groups -OCH3 is 3. The first-order chi connectivity index (χ1) is 14.6. The molecule has 30 heavy (non-hydrogen) atoms. The standard InChI is InChI=1S/C23H23N3O4/c1-28-16-6-4-15(5-7-16)25-23-24-13-19-20(26-23)10-14(11-21(19)27)18-9-8-17(29-2)12-22(18)30-3/h4-9,12-14H,10-11H2,1-3H3,(H,24,25,26)/t14-/m0/s1. The highest BCUT2D eigenvalue weighted by molar-refractivity contribution is 5.98. The molecule has 0 saturated heterocycles. The molecule has 1 N–H and O–H groups in total. The number of hydrogen-bond acceptors (Lipinski definition) is 7. The summed E-state index contributed by atoms with van der Waals surface area (Å²) in [7, 11) is 4.86. The highest BCUT2D eigenvalue weighted by Gasteiger charge is 2.30. The van der Waals surface area contributed by atoms with Crippen LogP contribution in [-0.4, -0.2) is 37.1 Å². The molecule has 0 radical (unpaired) electrons. The Morgan fingerprint density at radius 2 is 1.67 bits per heavy atom. The molecule has 0 bridgehead atoms. The lowest BCUT2D eigenvalue weighted by Crippen LogP contribution is -2.21. The van der Waals surface area contributed by atoms with E-state index in [9.17, 15) is 4.79 Å². The molecular weight excluding hydrogens is 382 g/mol. The number of nitrogens with one attached hydrogen (secondary N) is 1. The van der Waals surface area contributed by atoms with Crippen molar-refractivity contribution in [1.29, 1.82) is 0 Å². The Balaban J connectivity index is 1.60. The summed E-state index contributed by atoms with van der Waals surface area (Å²) < 4.78 is 16.0. The van der Waals surface area contributed by atoms with Gasteiger partial charge in [-0.3, -0.25) is 4.79 Å². The minimum Gasteiger partial charge on any atom is -0.497 e. The molecule has 0 amide bonds. The van der Waals surface area contributed by atoms with Crippen LogP contribution in [0.4, 0.5) is 11.6 Å². The summed E-state index contributed by atoms with van der Waals surface area (Å²) in [6.07, 6.45) is 2.63. The van der Waals surface area contributed by atoms with Crippen LogP contribution in [0.3, 0.4) is 0 Å². The number of Topliss-reactive ketones (excluding diaryl/α,β-unsaturated/α-hetero) is 1. The first-order valence-corrected chi connectivity index (χ1v) is 9.63. The van der Waals surface area contributed by atoms with E-state index in [1.807, 2.05) is 42.5 Å². The maximum Gasteiger partial charge on any atom is 0.227 e. The van der Waals surface area contributed by atoms with Crippen LogP contribution in [0.25, 0.3) is 0 Å². The van der Waals surface area contributed by atoms with E-state index in [0.29, 0.717) is 35.9 Å². The molecule has 0 fully saturated rings. The zero-order chi connectivity index (χ0) is 21.1. The van der Waals surface area contributed by atoms with Gasteiger partial charge in [0.05, 0.1) is 32.6 Å². The van der Waals surface area contributed by atoms with Crippen molar-refractivity contribution in [3.63, 3.8) is 0 Å². The number of ether oxygens (including phenoxy) is 3. The molecule has 154 valence electrons. The predicted molar refractivity (Wildman–Crippen MR) is 113 cm³/mol. The van der Waals surface area contributed by atoms with Gasteiger partial charge in [-0.25, -0.2) is 9.97 Å². The lowest BCUT2D eigenvalue weighted by atomic mass is 9.82. The molecule has 0 aliphatic heterocycles. The monoisotopic (exact) mass is 405 g/mol. The van der Waals surface area contributed by atoms with Crippen LogP contribution in [0, 0.1) is 0 Å². The first kappa shape index (κ1) is 19.7. The van der Waals surface area contributed by atoms with E-state index in [1.165, 1.54) is 0 Å². The number of carbonyl (C=O) groups is 1. The first-order valence-electron chi connectivity index (χ1n) is 9.63. The van der Waals surface area contributed by atoms with E-state index in [4.69, 9.17) is 14.2 Å². The second kappa shape index (κ2) is 8.41. The van der Waals surface area contributed by atoms with Gasteiger partial charge in [0.1, 0.15) is 17.2 Å². The summed E-state index contributed by atoms with van der Waals surface area (Å²) in [5.41, 5.74) is 3.13. The number of benzene rings is 2. The maximum atomic E-state index is 12.8. The van der Waals surface area contributed by atoms with E-state index in [1.54, 1.807) is 27.5 Å². The molecular formula is C23H23N3O4. The minimum absolute atomic E-state index is 0.0189. The Hall–Kier alpha value is -3.61. The number of rotatable bonds is 6. The van der Waals surface area contributed by atoms with Crippen LogP contribution in [-0.2, 0) is 6.42 Å². The molecule has 1 aliphatic carbocycles. The van der Waals surface area contributed by atoms with Crippen LogP contribution < -0.4 is 19.5 Å². The molecule has 1 aliphatic rings. The van der Waals surface area contributed by atoms with Crippen molar-refractivity contribution in [3.05, 3.63) is 65.5 Å². The topological polar surface area (TPSA) is 82.6 Å². The maximum absolute atomic E-state index is 12.8. The van der Waals surface area contributed by atoms with Crippen LogP contribution in [0.5, 0.6) is 17.2 Å². The van der Waals surface area contributed by atoms with Crippen LogP contribution in [0.1, 0.15) is 34.0 Å². The number of nitrogens with zero attached hydrogens (tertiary/aromatic N) is 2. The van der Waals surface area contributed by atoms with Crippen molar-refractivity contribution in [2.24, 2.45) is 0 Å². The minimum atomic E-state index is -0.0189. The van der Waals surface area contributed by atoms with Gasteiger partial charge in [-0.1, -0.05) is 6.07 Å². The van der Waals surface area contributed by atoms with E-state index >= 15 is 0 Å². The zero-order valence-corrected chi connectivity index (χ0v) is 17.1. The third-order valence-electron chi connectivity index (χ3n) is 5.27. The summed E-state index contributed by atoms with van der Waals surface area (Å²) >= 11 is 0. The predicted octanol–water partition coefficient (Wildman–Crippen LogP) is 4.16. The highest BCUT2D eigenvalue weighted by atomic mass is 16.5. The quantitative estimate of drug-likeness (QED) is 0.659. The average Bonchev–Trinajstić information content (AvgIpc) is 2.78. The summed E-state index contributed by atoms with van der Waals surface area (Å²) in [4.78, 5) is 21.7. The van der Waals surface area contributed by atoms with Crippen molar-refractivity contribution in [2.45, 2.75) is 18.8 Å². The zero-order valence-electron chi connectivity index (χ0n) is 17.1. The van der Waals surface area contributed by atoms with Gasteiger partial charge in [0.2, 0.25) is 5.95 Å². The summed E-state index contributed by atoms with van der Waals surface area (Å²) in [6.45, 7) is 0. The molecule has 1 aromatic heterocycles. The second-order valence-corrected chi connectivity index (χ2v) is 7.04. The molecule has 0 unspecified atom stereocenters. The Bertz CT molecular complexity index is 1070. The van der Waals surface area contributed by atoms with Crippen molar-refractivity contribution in [1.82, 2.24) is 9.97 Å². The number of fused-ring (bicyclic) bond motifs is 1. The lowest BCUT2D eigenvalue weighted by Gasteiger charge is -2.25. The van der Waals surface area contributed by atoms with Gasteiger partial charge in [-0.2, -0.15) is 0 Å². The van der Waals surface area contributed by atoms with Gasteiger partial charge in [-0.15, -0.1) is 0 Å².